The number of nitrogens with zero attached hydrogens (tertiary/aromatic N) is 1. The summed E-state index contributed by atoms with van der Waals surface area (Å²) in [6.07, 6.45) is -1.01. The van der Waals surface area contributed by atoms with Gasteiger partial charge in [0.25, 0.3) is 0 Å². The average molecular weight is 465 g/mol. The lowest BCUT2D eigenvalue weighted by Crippen LogP contribution is -2.39. The lowest BCUT2D eigenvalue weighted by molar-refractivity contribution is -0.252. The third-order valence-corrected chi connectivity index (χ3v) is 6.05. The molecule has 3 aromatic carbocycles. The molecule has 3 aromatic rings. The van der Waals surface area contributed by atoms with Crippen LogP contribution in [0.3, 0.4) is 0 Å². The molecular weight excluding hydrogens is 432 g/mol. The van der Waals surface area contributed by atoms with Gasteiger partial charge in [-0.15, -0.1) is 0 Å². The monoisotopic (exact) mass is 464 g/mol. The Hall–Kier alpha value is -2.94. The van der Waals surface area contributed by atoms with Crippen LogP contribution in [0.25, 0.3) is 0 Å². The van der Waals surface area contributed by atoms with Gasteiger partial charge < -0.3 is 35.4 Å². The Morgan fingerprint density at radius 3 is 2.47 bits per heavy atom. The molecule has 1 fully saturated rings. The molecule has 5 N–H and O–H groups in total. The van der Waals surface area contributed by atoms with Crippen molar-refractivity contribution in [3.8, 4) is 5.75 Å². The zero-order valence-electron chi connectivity index (χ0n) is 19.2. The number of phenolic OH excluding ortho intramolecular Hbond substituents is 1. The van der Waals surface area contributed by atoms with E-state index in [1.807, 2.05) is 60.5 Å². The first-order valence-corrected chi connectivity index (χ1v) is 11.4. The van der Waals surface area contributed by atoms with Crippen LogP contribution in [0.4, 0.5) is 5.69 Å². The molecule has 0 radical (unpaired) electrons. The summed E-state index contributed by atoms with van der Waals surface area (Å²) in [4.78, 5) is 2.02. The van der Waals surface area contributed by atoms with Crippen LogP contribution in [-0.2, 0) is 16.1 Å². The maximum Gasteiger partial charge on any atom is 0.185 e. The van der Waals surface area contributed by atoms with Crippen molar-refractivity contribution in [2.45, 2.75) is 37.6 Å². The van der Waals surface area contributed by atoms with Gasteiger partial charge in [0.15, 0.2) is 6.29 Å². The highest BCUT2D eigenvalue weighted by atomic mass is 16.7. The lowest BCUT2D eigenvalue weighted by atomic mass is 9.99. The number of aliphatic hydroxyl groups excluding tert-OH is 2. The summed E-state index contributed by atoms with van der Waals surface area (Å²) in [6.45, 7) is 0.974. The molecule has 0 saturated carbocycles. The number of rotatable bonds is 8. The van der Waals surface area contributed by atoms with E-state index in [0.29, 0.717) is 30.8 Å². The Morgan fingerprint density at radius 2 is 1.76 bits per heavy atom. The second-order valence-corrected chi connectivity index (χ2v) is 8.85. The van der Waals surface area contributed by atoms with Crippen LogP contribution in [0.5, 0.6) is 5.75 Å². The number of nitrogen functional groups attached to an aromatic ring is 1. The molecule has 4 rings (SSSR count). The quantitative estimate of drug-likeness (QED) is 0.377. The normalized spacial score (nSPS) is 21.5. The lowest BCUT2D eigenvalue weighted by Gasteiger charge is -2.38. The van der Waals surface area contributed by atoms with Crippen LogP contribution in [-0.4, -0.2) is 46.5 Å². The molecule has 0 unspecified atom stereocenters. The number of likely N-dealkylation sites (N-methyl/N-ethyl adjacent to an activating group) is 1. The average Bonchev–Trinajstić information content (AvgIpc) is 2.84. The molecule has 7 heteroatoms. The van der Waals surface area contributed by atoms with Crippen molar-refractivity contribution in [3.63, 3.8) is 0 Å². The van der Waals surface area contributed by atoms with Crippen molar-refractivity contribution in [2.24, 2.45) is 0 Å². The minimum atomic E-state index is -0.733. The van der Waals surface area contributed by atoms with Crippen molar-refractivity contribution in [1.29, 1.82) is 0 Å². The number of hydrogen-bond acceptors (Lipinski definition) is 7. The standard InChI is InChI=1S/C27H32N2O5/c1-29(16-25(32)20-4-3-7-23(31)13-20)15-24-14-26(19-10-8-18(17-30)9-11-19)34-27(33-24)21-5-2-6-22(28)12-21/h2-13,24-27,30-32H,14-17,28H2,1H3/t24-,25-,26+,27+/m1/s1. The fraction of sp³-hybridized carbons (Fsp3) is 0.333. The highest BCUT2D eigenvalue weighted by Crippen LogP contribution is 2.38. The first-order valence-electron chi connectivity index (χ1n) is 11.4. The summed E-state index contributed by atoms with van der Waals surface area (Å²) >= 11 is 0. The Kier molecular flexibility index (Phi) is 7.82. The van der Waals surface area contributed by atoms with E-state index in [1.54, 1.807) is 24.3 Å². The van der Waals surface area contributed by atoms with E-state index in [2.05, 4.69) is 0 Å². The topological polar surface area (TPSA) is 108 Å². The highest BCUT2D eigenvalue weighted by Gasteiger charge is 2.33. The SMILES string of the molecule is CN(C[C@H]1C[C@@H](c2ccc(CO)cc2)O[C@@H](c2cccc(N)c2)O1)C[C@@H](O)c1cccc(O)c1. The Balaban J connectivity index is 1.48. The summed E-state index contributed by atoms with van der Waals surface area (Å²) in [5.74, 6) is 0.131. The van der Waals surface area contributed by atoms with Crippen molar-refractivity contribution in [1.82, 2.24) is 4.90 Å². The molecule has 4 atom stereocenters. The van der Waals surface area contributed by atoms with Gasteiger partial charge in [-0.2, -0.15) is 0 Å². The summed E-state index contributed by atoms with van der Waals surface area (Å²) in [6, 6.07) is 21.9. The van der Waals surface area contributed by atoms with Gasteiger partial charge in [-0.1, -0.05) is 48.5 Å². The van der Waals surface area contributed by atoms with Crippen LogP contribution in [0.1, 0.15) is 47.2 Å². The predicted octanol–water partition coefficient (Wildman–Crippen LogP) is 3.68. The number of ether oxygens (including phenoxy) is 2. The molecule has 0 aliphatic carbocycles. The molecule has 180 valence electrons. The van der Waals surface area contributed by atoms with Gasteiger partial charge in [-0.05, 0) is 48.0 Å². The molecule has 1 aliphatic heterocycles. The van der Waals surface area contributed by atoms with Crippen molar-refractivity contribution < 1.29 is 24.8 Å². The van der Waals surface area contributed by atoms with Crippen LogP contribution < -0.4 is 5.73 Å². The third-order valence-electron chi connectivity index (χ3n) is 6.05. The largest absolute Gasteiger partial charge is 0.508 e. The smallest absolute Gasteiger partial charge is 0.185 e. The van der Waals surface area contributed by atoms with Gasteiger partial charge in [0.2, 0.25) is 0 Å². The third kappa shape index (κ3) is 6.14. The molecule has 1 aliphatic rings. The van der Waals surface area contributed by atoms with E-state index in [0.717, 1.165) is 16.7 Å². The van der Waals surface area contributed by atoms with Gasteiger partial charge in [-0.3, -0.25) is 0 Å². The molecule has 0 aromatic heterocycles. The van der Waals surface area contributed by atoms with Crippen LogP contribution in [0, 0.1) is 0 Å². The minimum Gasteiger partial charge on any atom is -0.508 e. The molecule has 1 heterocycles. The fourth-order valence-corrected chi connectivity index (χ4v) is 4.29. The Bertz CT molecular complexity index is 1070. The first kappa shape index (κ1) is 24.2. The number of hydrogen-bond donors (Lipinski definition) is 4. The molecule has 1 saturated heterocycles. The summed E-state index contributed by atoms with van der Waals surface area (Å²) < 4.78 is 12.6. The maximum absolute atomic E-state index is 10.6. The van der Waals surface area contributed by atoms with Gasteiger partial charge in [0, 0.05) is 30.8 Å². The number of aliphatic hydroxyl groups is 2. The van der Waals surface area contributed by atoms with E-state index < -0.39 is 12.4 Å². The molecule has 0 bridgehead atoms. The molecular formula is C27H32N2O5. The van der Waals surface area contributed by atoms with E-state index in [1.165, 1.54) is 0 Å². The second kappa shape index (κ2) is 11.0. The summed E-state index contributed by atoms with van der Waals surface area (Å²) in [5.41, 5.74) is 10.0. The number of anilines is 1. The number of nitrogens with two attached hydrogens (primary N) is 1. The van der Waals surface area contributed by atoms with Gasteiger partial charge in [-0.25, -0.2) is 0 Å². The Labute approximate surface area is 200 Å². The number of aromatic hydroxyl groups is 1. The molecule has 7 nitrogen and oxygen atoms in total. The predicted molar refractivity (Wildman–Crippen MR) is 130 cm³/mol. The number of benzene rings is 3. The van der Waals surface area contributed by atoms with Crippen molar-refractivity contribution >= 4 is 5.69 Å². The molecule has 0 spiro atoms. The summed E-state index contributed by atoms with van der Waals surface area (Å²) in [5, 5.41) is 29.7. The summed E-state index contributed by atoms with van der Waals surface area (Å²) in [7, 11) is 1.94. The Morgan fingerprint density at radius 1 is 1.00 bits per heavy atom. The first-order chi connectivity index (χ1) is 16.4. The maximum atomic E-state index is 10.6. The van der Waals surface area contributed by atoms with E-state index in [-0.39, 0.29) is 24.6 Å². The van der Waals surface area contributed by atoms with Crippen molar-refractivity contribution in [3.05, 3.63) is 95.1 Å². The van der Waals surface area contributed by atoms with E-state index in [9.17, 15) is 15.3 Å². The zero-order chi connectivity index (χ0) is 24.1. The van der Waals surface area contributed by atoms with Crippen molar-refractivity contribution in [2.75, 3.05) is 25.9 Å². The van der Waals surface area contributed by atoms with E-state index in [4.69, 9.17) is 15.2 Å². The molecule has 0 amide bonds. The molecule has 34 heavy (non-hydrogen) atoms. The second-order valence-electron chi connectivity index (χ2n) is 8.85. The van der Waals surface area contributed by atoms with Crippen LogP contribution >= 0.6 is 0 Å². The fourth-order valence-electron chi connectivity index (χ4n) is 4.29. The van der Waals surface area contributed by atoms with E-state index >= 15 is 0 Å². The van der Waals surface area contributed by atoms with Gasteiger partial charge in [0.1, 0.15) is 5.75 Å². The van der Waals surface area contributed by atoms with Crippen LogP contribution in [0.15, 0.2) is 72.8 Å². The zero-order valence-corrected chi connectivity index (χ0v) is 19.2. The van der Waals surface area contributed by atoms with Crippen LogP contribution in [0.2, 0.25) is 0 Å². The van der Waals surface area contributed by atoms with Gasteiger partial charge >= 0.3 is 0 Å². The highest BCUT2D eigenvalue weighted by molar-refractivity contribution is 5.41. The minimum absolute atomic E-state index is 0.00420. The number of phenols is 1. The van der Waals surface area contributed by atoms with Gasteiger partial charge in [0.05, 0.1) is 24.9 Å².